The van der Waals surface area contributed by atoms with Gasteiger partial charge in [0, 0.05) is 16.3 Å². The summed E-state index contributed by atoms with van der Waals surface area (Å²) in [4.78, 5) is 12.1. The zero-order valence-corrected chi connectivity index (χ0v) is 12.5. The number of thioether (sulfide) groups is 1. The monoisotopic (exact) mass is 299 g/mol. The number of carbonyl (C=O) groups excluding carboxylic acids is 1. The zero-order valence-electron chi connectivity index (χ0n) is 10.9. The standard InChI is InChI=1S/C14H18ClNO2S/c1-19-14(6-2-3-7-14)9-16-13(18)11-5-4-10(15)8-12(11)17/h4-5,8,17H,2-3,6-7,9H2,1H3,(H,16,18). The van der Waals surface area contributed by atoms with E-state index in [1.165, 1.54) is 18.9 Å². The molecule has 0 atom stereocenters. The third-order valence-corrected chi connectivity index (χ3v) is 5.38. The fraction of sp³-hybridized carbons (Fsp3) is 0.500. The molecule has 0 heterocycles. The highest BCUT2D eigenvalue weighted by Crippen LogP contribution is 2.39. The average molecular weight is 300 g/mol. The topological polar surface area (TPSA) is 49.3 Å². The van der Waals surface area contributed by atoms with Gasteiger partial charge in [0.15, 0.2) is 0 Å². The van der Waals surface area contributed by atoms with Crippen molar-refractivity contribution in [3.8, 4) is 5.75 Å². The molecule has 1 aromatic carbocycles. The Morgan fingerprint density at radius 2 is 2.16 bits per heavy atom. The van der Waals surface area contributed by atoms with E-state index in [0.717, 1.165) is 12.8 Å². The average Bonchev–Trinajstić information content (AvgIpc) is 2.85. The molecule has 0 bridgehead atoms. The van der Waals surface area contributed by atoms with Gasteiger partial charge in [0.25, 0.3) is 5.91 Å². The smallest absolute Gasteiger partial charge is 0.255 e. The third-order valence-electron chi connectivity index (χ3n) is 3.72. The van der Waals surface area contributed by atoms with Gasteiger partial charge in [0.05, 0.1) is 5.56 Å². The molecule has 104 valence electrons. The Morgan fingerprint density at radius 3 is 2.74 bits per heavy atom. The minimum Gasteiger partial charge on any atom is -0.507 e. The van der Waals surface area contributed by atoms with Crippen molar-refractivity contribution in [2.45, 2.75) is 30.4 Å². The Bertz CT molecular complexity index is 473. The summed E-state index contributed by atoms with van der Waals surface area (Å²) in [6, 6.07) is 4.54. The quantitative estimate of drug-likeness (QED) is 0.895. The lowest BCUT2D eigenvalue weighted by atomic mass is 10.1. The molecule has 1 saturated carbocycles. The summed E-state index contributed by atoms with van der Waals surface area (Å²) in [6.45, 7) is 0.648. The first kappa shape index (κ1) is 14.5. The molecular formula is C14H18ClNO2S. The van der Waals surface area contributed by atoms with Crippen LogP contribution in [0.1, 0.15) is 36.0 Å². The van der Waals surface area contributed by atoms with Gasteiger partial charge in [0.1, 0.15) is 5.75 Å². The van der Waals surface area contributed by atoms with Gasteiger partial charge in [-0.1, -0.05) is 24.4 Å². The first-order valence-corrected chi connectivity index (χ1v) is 7.98. The lowest BCUT2D eigenvalue weighted by molar-refractivity contribution is 0.0947. The van der Waals surface area contributed by atoms with Gasteiger partial charge >= 0.3 is 0 Å². The number of nitrogens with one attached hydrogen (secondary N) is 1. The number of rotatable bonds is 4. The molecule has 1 aliphatic carbocycles. The van der Waals surface area contributed by atoms with Crippen molar-refractivity contribution in [3.05, 3.63) is 28.8 Å². The highest BCUT2D eigenvalue weighted by Gasteiger charge is 2.33. The molecule has 2 rings (SSSR count). The number of aromatic hydroxyl groups is 1. The van der Waals surface area contributed by atoms with Crippen molar-refractivity contribution >= 4 is 29.3 Å². The predicted molar refractivity (Wildman–Crippen MR) is 80.2 cm³/mol. The molecule has 0 saturated heterocycles. The molecule has 0 aliphatic heterocycles. The van der Waals surface area contributed by atoms with Crippen LogP contribution in [0.2, 0.25) is 5.02 Å². The minimum atomic E-state index is -0.241. The van der Waals surface area contributed by atoms with E-state index in [9.17, 15) is 9.90 Å². The van der Waals surface area contributed by atoms with E-state index < -0.39 is 0 Å². The van der Waals surface area contributed by atoms with Gasteiger partial charge in [-0.2, -0.15) is 11.8 Å². The molecule has 5 heteroatoms. The number of amides is 1. The summed E-state index contributed by atoms with van der Waals surface area (Å²) in [5.74, 6) is -0.316. The van der Waals surface area contributed by atoms with Crippen LogP contribution in [0, 0.1) is 0 Å². The molecule has 0 aromatic heterocycles. The maximum absolute atomic E-state index is 12.1. The fourth-order valence-corrected chi connectivity index (χ4v) is 3.59. The second kappa shape index (κ2) is 6.06. The normalized spacial score (nSPS) is 17.4. The van der Waals surface area contributed by atoms with Crippen LogP contribution in [0.3, 0.4) is 0 Å². The van der Waals surface area contributed by atoms with E-state index in [-0.39, 0.29) is 22.0 Å². The van der Waals surface area contributed by atoms with E-state index >= 15 is 0 Å². The van der Waals surface area contributed by atoms with E-state index in [2.05, 4.69) is 11.6 Å². The summed E-state index contributed by atoms with van der Waals surface area (Å²) in [7, 11) is 0. The molecular weight excluding hydrogens is 282 g/mol. The van der Waals surface area contributed by atoms with Crippen molar-refractivity contribution in [1.82, 2.24) is 5.32 Å². The Labute approximate surface area is 122 Å². The highest BCUT2D eigenvalue weighted by molar-refractivity contribution is 8.00. The third kappa shape index (κ3) is 3.37. The Balaban J connectivity index is 2.01. The van der Waals surface area contributed by atoms with Crippen molar-refractivity contribution in [3.63, 3.8) is 0 Å². The van der Waals surface area contributed by atoms with Crippen LogP contribution in [0.4, 0.5) is 0 Å². The number of phenols is 1. The lowest BCUT2D eigenvalue weighted by Crippen LogP contribution is -2.38. The summed E-state index contributed by atoms with van der Waals surface area (Å²) >= 11 is 7.58. The van der Waals surface area contributed by atoms with Gasteiger partial charge in [-0.25, -0.2) is 0 Å². The molecule has 1 aliphatic rings. The molecule has 19 heavy (non-hydrogen) atoms. The highest BCUT2D eigenvalue weighted by atomic mass is 35.5. The van der Waals surface area contributed by atoms with E-state index in [0.29, 0.717) is 11.6 Å². The fourth-order valence-electron chi connectivity index (χ4n) is 2.51. The Kier molecular flexibility index (Phi) is 4.63. The zero-order chi connectivity index (χ0) is 13.9. The van der Waals surface area contributed by atoms with Crippen LogP contribution in [0.15, 0.2) is 18.2 Å². The molecule has 0 radical (unpaired) electrons. The second-order valence-electron chi connectivity index (χ2n) is 4.94. The first-order valence-electron chi connectivity index (χ1n) is 6.38. The Hall–Kier alpha value is -0.870. The number of hydrogen-bond acceptors (Lipinski definition) is 3. The van der Waals surface area contributed by atoms with Crippen LogP contribution >= 0.6 is 23.4 Å². The van der Waals surface area contributed by atoms with Crippen molar-refractivity contribution < 1.29 is 9.90 Å². The van der Waals surface area contributed by atoms with Gasteiger partial charge < -0.3 is 10.4 Å². The Morgan fingerprint density at radius 1 is 1.47 bits per heavy atom. The van der Waals surface area contributed by atoms with E-state index in [1.54, 1.807) is 12.1 Å². The maximum atomic E-state index is 12.1. The van der Waals surface area contributed by atoms with Gasteiger partial charge in [-0.05, 0) is 37.3 Å². The van der Waals surface area contributed by atoms with Crippen molar-refractivity contribution in [1.29, 1.82) is 0 Å². The van der Waals surface area contributed by atoms with E-state index in [4.69, 9.17) is 11.6 Å². The first-order chi connectivity index (χ1) is 9.06. The van der Waals surface area contributed by atoms with Crippen LogP contribution in [-0.2, 0) is 0 Å². The van der Waals surface area contributed by atoms with Gasteiger partial charge in [-0.3, -0.25) is 4.79 Å². The summed E-state index contributed by atoms with van der Waals surface area (Å²) in [5.41, 5.74) is 0.277. The minimum absolute atomic E-state index is 0.0744. The van der Waals surface area contributed by atoms with Crippen LogP contribution in [-0.4, -0.2) is 28.6 Å². The predicted octanol–water partition coefficient (Wildman–Crippen LogP) is 3.45. The van der Waals surface area contributed by atoms with Crippen molar-refractivity contribution in [2.24, 2.45) is 0 Å². The van der Waals surface area contributed by atoms with Gasteiger partial charge in [-0.15, -0.1) is 0 Å². The van der Waals surface area contributed by atoms with Crippen molar-refractivity contribution in [2.75, 3.05) is 12.8 Å². The largest absolute Gasteiger partial charge is 0.507 e. The summed E-state index contributed by atoms with van der Waals surface area (Å²) < 4.78 is 0.164. The summed E-state index contributed by atoms with van der Waals surface area (Å²) in [6.07, 6.45) is 6.82. The molecule has 3 nitrogen and oxygen atoms in total. The number of benzene rings is 1. The van der Waals surface area contributed by atoms with E-state index in [1.807, 2.05) is 11.8 Å². The second-order valence-corrected chi connectivity index (χ2v) is 6.65. The number of phenolic OH excluding ortho intramolecular Hbond substituents is 1. The molecule has 1 amide bonds. The number of carbonyl (C=O) groups is 1. The lowest BCUT2D eigenvalue weighted by Gasteiger charge is -2.26. The van der Waals surface area contributed by atoms with Crippen LogP contribution in [0.25, 0.3) is 0 Å². The number of hydrogen-bond donors (Lipinski definition) is 2. The van der Waals surface area contributed by atoms with Crippen LogP contribution in [0.5, 0.6) is 5.75 Å². The SMILES string of the molecule is CSC1(CNC(=O)c2ccc(Cl)cc2O)CCCC1. The molecule has 1 fully saturated rings. The number of halogens is 1. The summed E-state index contributed by atoms with van der Waals surface area (Å²) in [5, 5.41) is 13.1. The van der Waals surface area contributed by atoms with Crippen LogP contribution < -0.4 is 5.32 Å². The maximum Gasteiger partial charge on any atom is 0.255 e. The molecule has 0 spiro atoms. The molecule has 2 N–H and O–H groups in total. The molecule has 1 aromatic rings. The van der Waals surface area contributed by atoms with Gasteiger partial charge in [0.2, 0.25) is 0 Å². The molecule has 0 unspecified atom stereocenters.